The van der Waals surface area contributed by atoms with Gasteiger partial charge in [-0.1, -0.05) is 30.0 Å². The number of thioether (sulfide) groups is 1. The molecule has 1 saturated heterocycles. The van der Waals surface area contributed by atoms with Gasteiger partial charge in [0.2, 0.25) is 0 Å². The first kappa shape index (κ1) is 28.4. The minimum absolute atomic E-state index is 0.0134. The van der Waals surface area contributed by atoms with Crippen LogP contribution in [0.5, 0.6) is 0 Å². The van der Waals surface area contributed by atoms with Gasteiger partial charge in [0.25, 0.3) is 11.8 Å². The fourth-order valence-electron chi connectivity index (χ4n) is 3.47. The van der Waals surface area contributed by atoms with Crippen LogP contribution in [0.4, 0.5) is 23.2 Å². The SMILES string of the molecule is O=C(O)c1ccc(NC(=O)C(O)CN2C(=O)C(=Cc3cc(-c4ccc(F)c(C(F)(F)F)c4)cs3)SC2=S)cc1. The van der Waals surface area contributed by atoms with E-state index >= 15 is 0 Å². The minimum atomic E-state index is -4.85. The number of benzene rings is 2. The molecule has 0 saturated carbocycles. The van der Waals surface area contributed by atoms with E-state index in [0.717, 1.165) is 34.1 Å². The van der Waals surface area contributed by atoms with E-state index in [1.54, 1.807) is 11.4 Å². The number of thiophene rings is 1. The van der Waals surface area contributed by atoms with Crippen LogP contribution in [0.15, 0.2) is 58.8 Å². The number of carboxylic acids is 1. The number of carboxylic acid groups (broad SMARTS) is 1. The summed E-state index contributed by atoms with van der Waals surface area (Å²) >= 11 is 7.29. The number of rotatable bonds is 7. The van der Waals surface area contributed by atoms with E-state index in [4.69, 9.17) is 17.3 Å². The van der Waals surface area contributed by atoms with Gasteiger partial charge >= 0.3 is 12.1 Å². The molecular formula is C25H16F4N2O5S3. The second-order valence-corrected chi connectivity index (χ2v) is 10.7. The topological polar surface area (TPSA) is 107 Å². The third-order valence-electron chi connectivity index (χ3n) is 5.43. The van der Waals surface area contributed by atoms with Crippen molar-refractivity contribution in [2.45, 2.75) is 12.3 Å². The van der Waals surface area contributed by atoms with Crippen molar-refractivity contribution in [1.82, 2.24) is 4.90 Å². The lowest BCUT2D eigenvalue weighted by Gasteiger charge is -2.18. The van der Waals surface area contributed by atoms with Gasteiger partial charge in [0.15, 0.2) is 6.10 Å². The molecule has 1 atom stereocenters. The van der Waals surface area contributed by atoms with Crippen LogP contribution in [0.2, 0.25) is 0 Å². The van der Waals surface area contributed by atoms with Gasteiger partial charge in [-0.25, -0.2) is 9.18 Å². The Morgan fingerprint density at radius 3 is 2.44 bits per heavy atom. The molecule has 1 aromatic heterocycles. The van der Waals surface area contributed by atoms with Crippen LogP contribution in [0.3, 0.4) is 0 Å². The fourth-order valence-corrected chi connectivity index (χ4v) is 5.65. The Morgan fingerprint density at radius 1 is 1.10 bits per heavy atom. The third kappa shape index (κ3) is 6.53. The van der Waals surface area contributed by atoms with Gasteiger partial charge in [-0.05, 0) is 65.0 Å². The molecule has 1 fully saturated rings. The molecule has 202 valence electrons. The van der Waals surface area contributed by atoms with Crippen molar-refractivity contribution in [1.29, 1.82) is 0 Å². The lowest BCUT2D eigenvalue weighted by atomic mass is 10.0. The normalized spacial score (nSPS) is 15.6. The van der Waals surface area contributed by atoms with Crippen molar-refractivity contribution in [3.8, 4) is 11.1 Å². The third-order valence-corrected chi connectivity index (χ3v) is 7.69. The standard InChI is InChI=1S/C25H16F4N2O5S3/c26-18-6-3-13(8-17(18)25(27,28)29)14-7-16(38-11-14)9-20-22(34)31(24(37)39-20)10-19(32)21(33)30-15-4-1-12(2-5-15)23(35)36/h1-9,11,19,32H,10H2,(H,30,33)(H,35,36). The van der Waals surface area contributed by atoms with Crippen molar-refractivity contribution in [3.63, 3.8) is 0 Å². The number of halogens is 4. The monoisotopic (exact) mass is 596 g/mol. The maximum atomic E-state index is 13.6. The average Bonchev–Trinajstić information content (AvgIpc) is 3.44. The van der Waals surface area contributed by atoms with Gasteiger partial charge < -0.3 is 15.5 Å². The van der Waals surface area contributed by atoms with Gasteiger partial charge in [-0.2, -0.15) is 13.2 Å². The van der Waals surface area contributed by atoms with Crippen molar-refractivity contribution < 1.29 is 42.2 Å². The number of amides is 2. The number of β-amino-alcohol motifs (C(OH)–C–C–N with tert-alkyl or cyclic N) is 1. The van der Waals surface area contributed by atoms with Gasteiger partial charge in [0.1, 0.15) is 10.1 Å². The molecule has 39 heavy (non-hydrogen) atoms. The summed E-state index contributed by atoms with van der Waals surface area (Å²) in [6.07, 6.45) is -5.02. The highest BCUT2D eigenvalue weighted by Gasteiger charge is 2.36. The number of anilines is 1. The van der Waals surface area contributed by atoms with E-state index in [9.17, 15) is 37.1 Å². The lowest BCUT2D eigenvalue weighted by Crippen LogP contribution is -2.41. The molecule has 1 unspecified atom stereocenters. The lowest BCUT2D eigenvalue weighted by molar-refractivity contribution is -0.140. The van der Waals surface area contributed by atoms with E-state index in [1.807, 2.05) is 0 Å². The number of hydrogen-bond acceptors (Lipinski definition) is 7. The highest BCUT2D eigenvalue weighted by molar-refractivity contribution is 8.26. The quantitative estimate of drug-likeness (QED) is 0.189. The van der Waals surface area contributed by atoms with Gasteiger partial charge in [-0.3, -0.25) is 14.5 Å². The summed E-state index contributed by atoms with van der Waals surface area (Å²) in [5.74, 6) is -3.92. The summed E-state index contributed by atoms with van der Waals surface area (Å²) in [4.78, 5) is 38.0. The van der Waals surface area contributed by atoms with Crippen LogP contribution < -0.4 is 5.32 Å². The molecule has 3 aromatic rings. The van der Waals surface area contributed by atoms with Crippen LogP contribution in [0.25, 0.3) is 17.2 Å². The Balaban J connectivity index is 1.43. The van der Waals surface area contributed by atoms with E-state index in [-0.39, 0.29) is 26.0 Å². The number of aliphatic hydroxyl groups excluding tert-OH is 1. The molecule has 1 aliphatic heterocycles. The molecular weight excluding hydrogens is 580 g/mol. The minimum Gasteiger partial charge on any atom is -0.478 e. The number of carbonyl (C=O) groups is 3. The number of hydrogen-bond donors (Lipinski definition) is 3. The zero-order valence-corrected chi connectivity index (χ0v) is 21.8. The summed E-state index contributed by atoms with van der Waals surface area (Å²) in [6.45, 7) is -0.438. The molecule has 14 heteroatoms. The molecule has 0 spiro atoms. The van der Waals surface area contributed by atoms with Crippen molar-refractivity contribution >= 4 is 69.2 Å². The number of carbonyl (C=O) groups excluding carboxylic acids is 2. The summed E-state index contributed by atoms with van der Waals surface area (Å²) in [7, 11) is 0. The number of thiocarbonyl (C=S) groups is 1. The molecule has 2 heterocycles. The largest absolute Gasteiger partial charge is 0.478 e. The zero-order valence-electron chi connectivity index (χ0n) is 19.4. The molecule has 1 aliphatic rings. The van der Waals surface area contributed by atoms with Gasteiger partial charge in [0.05, 0.1) is 22.6 Å². The van der Waals surface area contributed by atoms with Gasteiger partial charge in [0, 0.05) is 10.6 Å². The molecule has 0 radical (unpaired) electrons. The first-order valence-corrected chi connectivity index (χ1v) is 13.0. The zero-order chi connectivity index (χ0) is 28.5. The number of nitrogens with one attached hydrogen (secondary N) is 1. The van der Waals surface area contributed by atoms with Crippen molar-refractivity contribution in [3.05, 3.63) is 80.6 Å². The second kappa shape index (κ2) is 11.3. The Morgan fingerprint density at radius 2 is 1.79 bits per heavy atom. The number of aromatic carboxylic acids is 1. The molecule has 0 aliphatic carbocycles. The number of aliphatic hydroxyl groups is 1. The Hall–Kier alpha value is -3.59. The van der Waals surface area contributed by atoms with Crippen LogP contribution in [-0.4, -0.2) is 49.9 Å². The fraction of sp³-hybridized carbons (Fsp3) is 0.120. The Bertz CT molecular complexity index is 1500. The van der Waals surface area contributed by atoms with E-state index in [1.165, 1.54) is 36.4 Å². The van der Waals surface area contributed by atoms with Crippen LogP contribution in [0, 0.1) is 5.82 Å². The predicted octanol–water partition coefficient (Wildman–Crippen LogP) is 5.47. The maximum Gasteiger partial charge on any atom is 0.419 e. The first-order chi connectivity index (χ1) is 18.3. The molecule has 2 aromatic carbocycles. The van der Waals surface area contributed by atoms with E-state index in [0.29, 0.717) is 16.5 Å². The summed E-state index contributed by atoms with van der Waals surface area (Å²) < 4.78 is 52.9. The smallest absolute Gasteiger partial charge is 0.419 e. The molecule has 7 nitrogen and oxygen atoms in total. The second-order valence-electron chi connectivity index (χ2n) is 8.11. The number of nitrogens with zero attached hydrogens (tertiary/aromatic N) is 1. The molecule has 0 bridgehead atoms. The average molecular weight is 597 g/mol. The summed E-state index contributed by atoms with van der Waals surface area (Å²) in [6, 6.07) is 9.48. The highest BCUT2D eigenvalue weighted by atomic mass is 32.2. The molecule has 3 N–H and O–H groups in total. The maximum absolute atomic E-state index is 13.6. The predicted molar refractivity (Wildman–Crippen MR) is 143 cm³/mol. The van der Waals surface area contributed by atoms with E-state index in [2.05, 4.69) is 5.32 Å². The van der Waals surface area contributed by atoms with Gasteiger partial charge in [-0.15, -0.1) is 11.3 Å². The summed E-state index contributed by atoms with van der Waals surface area (Å²) in [5, 5.41) is 23.3. The number of alkyl halides is 3. The molecule has 4 rings (SSSR count). The molecule has 2 amide bonds. The van der Waals surface area contributed by atoms with E-state index < -0.39 is 48.0 Å². The summed E-state index contributed by atoms with van der Waals surface area (Å²) in [5.41, 5.74) is -0.575. The highest BCUT2D eigenvalue weighted by Crippen LogP contribution is 2.37. The van der Waals surface area contributed by atoms with Crippen LogP contribution in [0.1, 0.15) is 20.8 Å². The van der Waals surface area contributed by atoms with Crippen LogP contribution in [-0.2, 0) is 15.8 Å². The Kier molecular flexibility index (Phi) is 8.20. The Labute approximate surface area is 231 Å². The van der Waals surface area contributed by atoms with Crippen molar-refractivity contribution in [2.75, 3.05) is 11.9 Å². The van der Waals surface area contributed by atoms with Crippen molar-refractivity contribution in [2.24, 2.45) is 0 Å². The van der Waals surface area contributed by atoms with Crippen LogP contribution >= 0.6 is 35.3 Å². The first-order valence-electron chi connectivity index (χ1n) is 10.9.